The molecule has 8 heteroatoms. The lowest BCUT2D eigenvalue weighted by Crippen LogP contribution is -2.36. The number of hydrogen-bond acceptors (Lipinski definition) is 5. The highest BCUT2D eigenvalue weighted by Crippen LogP contribution is 2.22. The van der Waals surface area contributed by atoms with Crippen molar-refractivity contribution in [2.24, 2.45) is 4.99 Å². The second kappa shape index (κ2) is 12.9. The van der Waals surface area contributed by atoms with Gasteiger partial charge in [-0.3, -0.25) is 0 Å². The summed E-state index contributed by atoms with van der Waals surface area (Å²) < 4.78 is 30.8. The number of methoxy groups -OCH3 is 1. The summed E-state index contributed by atoms with van der Waals surface area (Å²) in [6.07, 6.45) is 0.832. The van der Waals surface area contributed by atoms with Crippen LogP contribution in [0.3, 0.4) is 0 Å². The Morgan fingerprint density at radius 1 is 1.16 bits per heavy atom. The van der Waals surface area contributed by atoms with Crippen molar-refractivity contribution in [2.45, 2.75) is 19.9 Å². The lowest BCUT2D eigenvalue weighted by molar-refractivity contribution is 0.122. The van der Waals surface area contributed by atoms with E-state index in [9.17, 15) is 4.39 Å². The van der Waals surface area contributed by atoms with Crippen molar-refractivity contribution in [1.29, 1.82) is 0 Å². The summed E-state index contributed by atoms with van der Waals surface area (Å²) in [6.45, 7) is 7.01. The third-order valence-corrected chi connectivity index (χ3v) is 4.99. The Balaban J connectivity index is 1.61. The first-order chi connectivity index (χ1) is 15.7. The molecule has 0 spiro atoms. The lowest BCUT2D eigenvalue weighted by atomic mass is 10.1. The molecule has 2 N–H and O–H groups in total. The average molecular weight is 445 g/mol. The Kier molecular flexibility index (Phi) is 9.59. The summed E-state index contributed by atoms with van der Waals surface area (Å²) in [5.41, 5.74) is 2.29. The molecule has 32 heavy (non-hydrogen) atoms. The third-order valence-electron chi connectivity index (χ3n) is 4.99. The van der Waals surface area contributed by atoms with Crippen molar-refractivity contribution < 1.29 is 18.6 Å². The fourth-order valence-corrected chi connectivity index (χ4v) is 3.38. The summed E-state index contributed by atoms with van der Waals surface area (Å²) in [7, 11) is 1.68. The predicted octanol–water partition coefficient (Wildman–Crippen LogP) is 3.66. The van der Waals surface area contributed by atoms with E-state index in [2.05, 4.69) is 15.6 Å². The maximum absolute atomic E-state index is 14.7. The monoisotopic (exact) mass is 444 g/mol. The number of halogens is 1. The van der Waals surface area contributed by atoms with E-state index >= 15 is 0 Å². The molecule has 1 aliphatic heterocycles. The first kappa shape index (κ1) is 23.8. The fourth-order valence-electron chi connectivity index (χ4n) is 3.38. The molecule has 174 valence electrons. The van der Waals surface area contributed by atoms with Crippen LogP contribution in [0, 0.1) is 5.82 Å². The van der Waals surface area contributed by atoms with Gasteiger partial charge in [0.2, 0.25) is 0 Å². The Hall–Kier alpha value is -2.84. The molecule has 0 amide bonds. The Morgan fingerprint density at radius 3 is 2.75 bits per heavy atom. The minimum atomic E-state index is -0.226. The van der Waals surface area contributed by atoms with Gasteiger partial charge in [0.05, 0.1) is 32.1 Å². The van der Waals surface area contributed by atoms with Crippen LogP contribution >= 0.6 is 0 Å². The number of rotatable bonds is 10. The van der Waals surface area contributed by atoms with E-state index < -0.39 is 0 Å². The molecule has 2 aromatic rings. The summed E-state index contributed by atoms with van der Waals surface area (Å²) in [5, 5.41) is 6.51. The third kappa shape index (κ3) is 7.39. The molecule has 1 saturated heterocycles. The molecule has 2 aromatic carbocycles. The summed E-state index contributed by atoms with van der Waals surface area (Å²) in [4.78, 5) is 6.63. The normalized spacial score (nSPS) is 14.3. The molecule has 1 heterocycles. The van der Waals surface area contributed by atoms with Crippen LogP contribution in [0.5, 0.6) is 5.75 Å². The van der Waals surface area contributed by atoms with E-state index in [-0.39, 0.29) is 5.82 Å². The molecule has 7 nitrogen and oxygen atoms in total. The van der Waals surface area contributed by atoms with E-state index in [4.69, 9.17) is 14.2 Å². The Morgan fingerprint density at radius 2 is 2.00 bits per heavy atom. The van der Waals surface area contributed by atoms with Gasteiger partial charge in [0.25, 0.3) is 0 Å². The van der Waals surface area contributed by atoms with Crippen molar-refractivity contribution in [3.05, 3.63) is 53.8 Å². The number of nitrogens with one attached hydrogen (secondary N) is 2. The number of morpholine rings is 1. The molecule has 0 atom stereocenters. The van der Waals surface area contributed by atoms with E-state index in [0.717, 1.165) is 23.4 Å². The van der Waals surface area contributed by atoms with Gasteiger partial charge in [-0.1, -0.05) is 12.1 Å². The minimum Gasteiger partial charge on any atom is -0.493 e. The van der Waals surface area contributed by atoms with Crippen molar-refractivity contribution in [2.75, 3.05) is 63.4 Å². The fraction of sp³-hybridized carbons (Fsp3) is 0.458. The molecule has 1 aliphatic rings. The van der Waals surface area contributed by atoms with Gasteiger partial charge in [0, 0.05) is 51.5 Å². The number of guanidine groups is 1. The van der Waals surface area contributed by atoms with E-state index in [1.807, 2.05) is 48.2 Å². The van der Waals surface area contributed by atoms with Crippen LogP contribution in [-0.2, 0) is 16.0 Å². The maximum atomic E-state index is 14.7. The Bertz CT molecular complexity index is 872. The topological polar surface area (TPSA) is 67.4 Å². The quantitative estimate of drug-likeness (QED) is 0.331. The second-order valence-electron chi connectivity index (χ2n) is 7.43. The second-order valence-corrected chi connectivity index (χ2v) is 7.43. The van der Waals surface area contributed by atoms with Crippen molar-refractivity contribution in [3.63, 3.8) is 0 Å². The van der Waals surface area contributed by atoms with Gasteiger partial charge < -0.3 is 29.7 Å². The molecule has 0 radical (unpaired) electrons. The molecule has 0 saturated carbocycles. The summed E-state index contributed by atoms with van der Waals surface area (Å²) in [6, 6.07) is 13.0. The van der Waals surface area contributed by atoms with Gasteiger partial charge in [0.1, 0.15) is 11.6 Å². The van der Waals surface area contributed by atoms with Gasteiger partial charge in [-0.25, -0.2) is 9.38 Å². The van der Waals surface area contributed by atoms with Crippen LogP contribution in [-0.4, -0.2) is 59.1 Å². The first-order valence-corrected chi connectivity index (χ1v) is 11.1. The zero-order valence-electron chi connectivity index (χ0n) is 18.9. The number of hydrogen-bond donors (Lipinski definition) is 2. The molecule has 0 bridgehead atoms. The highest BCUT2D eigenvalue weighted by molar-refractivity contribution is 5.93. The molecule has 0 aromatic heterocycles. The van der Waals surface area contributed by atoms with Gasteiger partial charge in [-0.15, -0.1) is 0 Å². The van der Waals surface area contributed by atoms with Crippen LogP contribution in [0.2, 0.25) is 0 Å². The predicted molar refractivity (Wildman–Crippen MR) is 126 cm³/mol. The van der Waals surface area contributed by atoms with Crippen molar-refractivity contribution >= 4 is 17.3 Å². The minimum absolute atomic E-state index is 0.226. The van der Waals surface area contributed by atoms with Crippen LogP contribution < -0.4 is 20.3 Å². The average Bonchev–Trinajstić information content (AvgIpc) is 2.81. The maximum Gasteiger partial charge on any atom is 0.196 e. The smallest absolute Gasteiger partial charge is 0.196 e. The molecule has 1 fully saturated rings. The number of benzene rings is 2. The molecule has 0 unspecified atom stereocenters. The van der Waals surface area contributed by atoms with E-state index in [1.165, 1.54) is 0 Å². The van der Waals surface area contributed by atoms with Gasteiger partial charge in [0.15, 0.2) is 5.96 Å². The number of aliphatic imine (C=N–C) groups is 1. The largest absolute Gasteiger partial charge is 0.493 e. The van der Waals surface area contributed by atoms with Crippen LogP contribution in [0.4, 0.5) is 15.8 Å². The summed E-state index contributed by atoms with van der Waals surface area (Å²) in [5.74, 6) is 1.18. The van der Waals surface area contributed by atoms with Gasteiger partial charge >= 0.3 is 0 Å². The molecular formula is C24H33FN4O3. The van der Waals surface area contributed by atoms with Crippen LogP contribution in [0.25, 0.3) is 0 Å². The highest BCUT2D eigenvalue weighted by atomic mass is 19.1. The van der Waals surface area contributed by atoms with Crippen LogP contribution in [0.1, 0.15) is 18.9 Å². The number of ether oxygens (including phenoxy) is 3. The van der Waals surface area contributed by atoms with E-state index in [0.29, 0.717) is 64.3 Å². The van der Waals surface area contributed by atoms with Crippen molar-refractivity contribution in [1.82, 2.24) is 5.32 Å². The van der Waals surface area contributed by atoms with Gasteiger partial charge in [-0.05, 0) is 36.8 Å². The highest BCUT2D eigenvalue weighted by Gasteiger charge is 2.15. The Labute approximate surface area is 189 Å². The van der Waals surface area contributed by atoms with E-state index in [1.54, 1.807) is 13.2 Å². The summed E-state index contributed by atoms with van der Waals surface area (Å²) >= 11 is 0. The standard InChI is InChI=1S/C24H33FN4O3/c1-3-26-24(28-20-6-4-7-21(17-20)32-13-5-12-30-2)27-18-19-8-9-23(22(25)16-19)29-10-14-31-15-11-29/h4,6-9,16-17H,3,5,10-15,18H2,1-2H3,(H2,26,27,28). The lowest BCUT2D eigenvalue weighted by Gasteiger charge is -2.29. The zero-order chi connectivity index (χ0) is 22.6. The van der Waals surface area contributed by atoms with Crippen LogP contribution in [0.15, 0.2) is 47.5 Å². The number of nitrogens with zero attached hydrogens (tertiary/aromatic N) is 2. The molecular weight excluding hydrogens is 411 g/mol. The van der Waals surface area contributed by atoms with Crippen molar-refractivity contribution in [3.8, 4) is 5.75 Å². The van der Waals surface area contributed by atoms with Gasteiger partial charge in [-0.2, -0.15) is 0 Å². The zero-order valence-corrected chi connectivity index (χ0v) is 18.9. The number of anilines is 2. The molecule has 3 rings (SSSR count). The SMILES string of the molecule is CCNC(=NCc1ccc(N2CCOCC2)c(F)c1)Nc1cccc(OCCCOC)c1. The first-order valence-electron chi connectivity index (χ1n) is 11.1. The molecule has 0 aliphatic carbocycles.